The normalized spacial score (nSPS) is 12.2. The van der Waals surface area contributed by atoms with Crippen LogP contribution in [0.1, 0.15) is 0 Å². The first kappa shape index (κ1) is 11.2. The van der Waals surface area contributed by atoms with Gasteiger partial charge >= 0.3 is 5.97 Å². The van der Waals surface area contributed by atoms with Crippen molar-refractivity contribution in [3.05, 3.63) is 0 Å². The lowest BCUT2D eigenvalue weighted by atomic mass is 10.3. The first-order valence-electron chi connectivity index (χ1n) is 3.32. The lowest BCUT2D eigenvalue weighted by Crippen LogP contribution is -2.44. The number of hydrogen-bond donors (Lipinski definition) is 3. The Morgan fingerprint density at radius 3 is 2.50 bits per heavy atom. The van der Waals surface area contributed by atoms with Gasteiger partial charge in [-0.3, -0.25) is 9.59 Å². The highest BCUT2D eigenvalue weighted by atomic mass is 32.1. The lowest BCUT2D eigenvalue weighted by Gasteiger charge is -2.17. The Hall–Kier alpha value is -0.750. The minimum absolute atomic E-state index is 0.211. The van der Waals surface area contributed by atoms with E-state index in [1.807, 2.05) is 0 Å². The molecule has 6 heteroatoms. The van der Waals surface area contributed by atoms with Crippen molar-refractivity contribution >= 4 is 24.5 Å². The Balaban J connectivity index is 4.01. The maximum absolute atomic E-state index is 11.1. The second-order valence-electron chi connectivity index (χ2n) is 2.38. The van der Waals surface area contributed by atoms with Crippen molar-refractivity contribution in [1.29, 1.82) is 0 Å². The highest BCUT2D eigenvalue weighted by molar-refractivity contribution is 7.80. The Labute approximate surface area is 75.9 Å². The molecule has 0 aromatic heterocycles. The van der Waals surface area contributed by atoms with Gasteiger partial charge in [-0.1, -0.05) is 0 Å². The van der Waals surface area contributed by atoms with Crippen LogP contribution in [0.25, 0.3) is 0 Å². The molecule has 0 heterocycles. The van der Waals surface area contributed by atoms with Crippen LogP contribution in [0.15, 0.2) is 0 Å². The van der Waals surface area contributed by atoms with Crippen LogP contribution in [-0.2, 0) is 9.59 Å². The summed E-state index contributed by atoms with van der Waals surface area (Å²) in [5, 5.41) is 8.33. The molecule has 0 saturated carbocycles. The standard InChI is InChI=1S/C6H12N2O3S/c1-8(2-5(9)10)6(11)4(7)3-12/h4,12H,2-3,7H2,1H3,(H,9,10)/t4-/m0/s1. The van der Waals surface area contributed by atoms with Gasteiger partial charge in [0.05, 0.1) is 6.04 Å². The summed E-state index contributed by atoms with van der Waals surface area (Å²) in [5.74, 6) is -1.26. The topological polar surface area (TPSA) is 83.6 Å². The zero-order chi connectivity index (χ0) is 9.72. The van der Waals surface area contributed by atoms with Crippen LogP contribution in [0, 0.1) is 0 Å². The van der Waals surface area contributed by atoms with Gasteiger partial charge in [-0.25, -0.2) is 0 Å². The van der Waals surface area contributed by atoms with Crippen LogP contribution in [-0.4, -0.2) is 47.3 Å². The molecule has 0 aliphatic carbocycles. The van der Waals surface area contributed by atoms with E-state index in [0.29, 0.717) is 0 Å². The van der Waals surface area contributed by atoms with Crippen LogP contribution in [0.4, 0.5) is 0 Å². The summed E-state index contributed by atoms with van der Waals surface area (Å²) in [7, 11) is 1.39. The highest BCUT2D eigenvalue weighted by Gasteiger charge is 2.17. The van der Waals surface area contributed by atoms with E-state index in [4.69, 9.17) is 10.8 Å². The lowest BCUT2D eigenvalue weighted by molar-refractivity contribution is -0.143. The number of carboxylic acid groups (broad SMARTS) is 1. The molecule has 0 bridgehead atoms. The van der Waals surface area contributed by atoms with Gasteiger partial charge in [0.15, 0.2) is 0 Å². The fourth-order valence-electron chi connectivity index (χ4n) is 0.642. The number of aliphatic carboxylic acids is 1. The number of carboxylic acids is 1. The van der Waals surface area contributed by atoms with E-state index in [1.54, 1.807) is 0 Å². The summed E-state index contributed by atoms with van der Waals surface area (Å²) in [6, 6.07) is -0.724. The number of amides is 1. The Kier molecular flexibility index (Phi) is 4.68. The third kappa shape index (κ3) is 3.59. The fourth-order valence-corrected chi connectivity index (χ4v) is 0.798. The Morgan fingerprint density at radius 2 is 2.17 bits per heavy atom. The summed E-state index contributed by atoms with van der Waals surface area (Å²) in [6.45, 7) is -0.333. The molecule has 1 amide bonds. The molecule has 0 spiro atoms. The van der Waals surface area contributed by atoms with Gasteiger partial charge in [-0.2, -0.15) is 12.6 Å². The Morgan fingerprint density at radius 1 is 1.67 bits per heavy atom. The van der Waals surface area contributed by atoms with Crippen LogP contribution in [0.3, 0.4) is 0 Å². The molecule has 0 aliphatic rings. The number of rotatable bonds is 4. The maximum atomic E-state index is 11.1. The maximum Gasteiger partial charge on any atom is 0.323 e. The summed E-state index contributed by atoms with van der Waals surface area (Å²) in [5.41, 5.74) is 5.33. The average Bonchev–Trinajstić information content (AvgIpc) is 2.00. The molecule has 0 saturated heterocycles. The van der Waals surface area contributed by atoms with Crippen molar-refractivity contribution in [2.24, 2.45) is 5.73 Å². The number of hydrogen-bond acceptors (Lipinski definition) is 4. The Bertz CT molecular complexity index is 186. The monoisotopic (exact) mass is 192 g/mol. The van der Waals surface area contributed by atoms with Gasteiger partial charge in [0.1, 0.15) is 6.54 Å². The van der Waals surface area contributed by atoms with Crippen molar-refractivity contribution in [2.75, 3.05) is 19.3 Å². The first-order valence-corrected chi connectivity index (χ1v) is 3.95. The van der Waals surface area contributed by atoms with E-state index in [0.717, 1.165) is 4.90 Å². The molecule has 0 unspecified atom stereocenters. The quantitative estimate of drug-likeness (QED) is 0.488. The minimum atomic E-state index is -1.06. The molecule has 70 valence electrons. The van der Waals surface area contributed by atoms with E-state index >= 15 is 0 Å². The van der Waals surface area contributed by atoms with Gasteiger partial charge in [-0.05, 0) is 0 Å². The van der Waals surface area contributed by atoms with Crippen molar-refractivity contribution in [1.82, 2.24) is 4.90 Å². The molecule has 0 radical (unpaired) electrons. The molecular formula is C6H12N2O3S. The predicted octanol–water partition coefficient (Wildman–Crippen LogP) is -1.21. The highest BCUT2D eigenvalue weighted by Crippen LogP contribution is 1.91. The van der Waals surface area contributed by atoms with E-state index in [2.05, 4.69) is 12.6 Å². The SMILES string of the molecule is CN(CC(=O)O)C(=O)[C@@H](N)CS. The van der Waals surface area contributed by atoms with Crippen LogP contribution >= 0.6 is 12.6 Å². The molecule has 1 atom stereocenters. The zero-order valence-corrected chi connectivity index (χ0v) is 7.62. The van der Waals surface area contributed by atoms with Gasteiger partial charge < -0.3 is 15.7 Å². The second kappa shape index (κ2) is 5.00. The smallest absolute Gasteiger partial charge is 0.323 e. The van der Waals surface area contributed by atoms with Crippen molar-refractivity contribution in [3.8, 4) is 0 Å². The molecule has 0 rings (SSSR count). The zero-order valence-electron chi connectivity index (χ0n) is 6.73. The van der Waals surface area contributed by atoms with Gasteiger partial charge in [0.2, 0.25) is 5.91 Å². The molecule has 0 fully saturated rings. The largest absolute Gasteiger partial charge is 0.480 e. The number of likely N-dealkylation sites (N-methyl/N-ethyl adjacent to an activating group) is 1. The van der Waals surface area contributed by atoms with E-state index in [1.165, 1.54) is 7.05 Å². The number of carbonyl (C=O) groups excluding carboxylic acids is 1. The third-order valence-electron chi connectivity index (χ3n) is 1.26. The minimum Gasteiger partial charge on any atom is -0.480 e. The van der Waals surface area contributed by atoms with Crippen molar-refractivity contribution in [2.45, 2.75) is 6.04 Å². The summed E-state index contributed by atoms with van der Waals surface area (Å²) >= 11 is 3.82. The van der Waals surface area contributed by atoms with E-state index < -0.39 is 17.9 Å². The van der Waals surface area contributed by atoms with Crippen LogP contribution in [0.2, 0.25) is 0 Å². The van der Waals surface area contributed by atoms with Crippen molar-refractivity contribution in [3.63, 3.8) is 0 Å². The fraction of sp³-hybridized carbons (Fsp3) is 0.667. The molecule has 0 aromatic rings. The molecule has 3 N–H and O–H groups in total. The summed E-state index contributed by atoms with van der Waals surface area (Å²) in [4.78, 5) is 22.3. The first-order chi connectivity index (χ1) is 5.49. The predicted molar refractivity (Wildman–Crippen MR) is 47.1 cm³/mol. The number of thiol groups is 1. The molecule has 0 aliphatic heterocycles. The van der Waals surface area contributed by atoms with E-state index in [9.17, 15) is 9.59 Å². The van der Waals surface area contributed by atoms with Crippen LogP contribution < -0.4 is 5.73 Å². The molecule has 0 aromatic carbocycles. The van der Waals surface area contributed by atoms with Gasteiger partial charge in [-0.15, -0.1) is 0 Å². The van der Waals surface area contributed by atoms with Crippen molar-refractivity contribution < 1.29 is 14.7 Å². The molecule has 5 nitrogen and oxygen atoms in total. The van der Waals surface area contributed by atoms with Gasteiger partial charge in [0, 0.05) is 12.8 Å². The van der Waals surface area contributed by atoms with E-state index in [-0.39, 0.29) is 12.3 Å². The third-order valence-corrected chi connectivity index (χ3v) is 1.66. The van der Waals surface area contributed by atoms with Crippen LogP contribution in [0.5, 0.6) is 0 Å². The summed E-state index contributed by atoms with van der Waals surface area (Å²) < 4.78 is 0. The number of nitrogens with zero attached hydrogens (tertiary/aromatic N) is 1. The van der Waals surface area contributed by atoms with Gasteiger partial charge in [0.25, 0.3) is 0 Å². The second-order valence-corrected chi connectivity index (χ2v) is 2.74. The average molecular weight is 192 g/mol. The number of carbonyl (C=O) groups is 2. The number of nitrogens with two attached hydrogens (primary N) is 1. The molecular weight excluding hydrogens is 180 g/mol. The molecule has 12 heavy (non-hydrogen) atoms. The summed E-state index contributed by atoms with van der Waals surface area (Å²) in [6.07, 6.45) is 0.